The van der Waals surface area contributed by atoms with E-state index in [1.165, 1.54) is 26.0 Å². The Morgan fingerprint density at radius 3 is 2.03 bits per heavy atom. The van der Waals surface area contributed by atoms with Crippen molar-refractivity contribution in [1.29, 1.82) is 0 Å². The molecule has 1 aliphatic rings. The van der Waals surface area contributed by atoms with Crippen molar-refractivity contribution in [1.82, 2.24) is 9.62 Å². The number of para-hydroxylation sites is 1. The van der Waals surface area contributed by atoms with Gasteiger partial charge in [-0.05, 0) is 38.1 Å². The number of ether oxygens (including phenoxy) is 1. The number of anilines is 1. The minimum absolute atomic E-state index is 0.0510. The van der Waals surface area contributed by atoms with Gasteiger partial charge in [-0.3, -0.25) is 9.59 Å². The van der Waals surface area contributed by atoms with Gasteiger partial charge in [-0.25, -0.2) is 8.42 Å². The number of piperazine rings is 1. The fourth-order valence-electron chi connectivity index (χ4n) is 3.36. The smallest absolute Gasteiger partial charge is 0.324 e. The number of benzene rings is 2. The second-order valence-corrected chi connectivity index (χ2v) is 9.10. The normalized spacial score (nSPS) is 16.5. The predicted molar refractivity (Wildman–Crippen MR) is 117 cm³/mol. The Hall–Kier alpha value is -2.91. The van der Waals surface area contributed by atoms with Crippen LogP contribution in [0.15, 0.2) is 65.6 Å². The van der Waals surface area contributed by atoms with Crippen molar-refractivity contribution in [2.75, 3.05) is 31.1 Å². The highest BCUT2D eigenvalue weighted by atomic mass is 32.2. The molecule has 1 heterocycles. The lowest BCUT2D eigenvalue weighted by Gasteiger charge is -2.37. The molecule has 0 spiro atoms. The number of amides is 1. The fraction of sp³-hybridized carbons (Fsp3) is 0.364. The largest absolute Gasteiger partial charge is 0.451 e. The van der Waals surface area contributed by atoms with E-state index in [1.807, 2.05) is 30.3 Å². The molecule has 31 heavy (non-hydrogen) atoms. The van der Waals surface area contributed by atoms with Crippen LogP contribution in [-0.4, -0.2) is 63.5 Å². The van der Waals surface area contributed by atoms with Gasteiger partial charge < -0.3 is 14.5 Å². The molecule has 1 saturated heterocycles. The second-order valence-electron chi connectivity index (χ2n) is 7.38. The maximum atomic E-state index is 12.7. The van der Waals surface area contributed by atoms with Crippen molar-refractivity contribution in [2.24, 2.45) is 0 Å². The van der Waals surface area contributed by atoms with E-state index in [0.29, 0.717) is 26.2 Å². The number of hydrogen-bond acceptors (Lipinski definition) is 6. The van der Waals surface area contributed by atoms with Crippen LogP contribution in [0.3, 0.4) is 0 Å². The number of carbonyl (C=O) groups excluding carboxylic acids is 2. The molecule has 1 unspecified atom stereocenters. The number of rotatable bonds is 7. The Morgan fingerprint density at radius 1 is 0.903 bits per heavy atom. The van der Waals surface area contributed by atoms with Crippen LogP contribution in [0, 0.1) is 0 Å². The Labute approximate surface area is 182 Å². The molecule has 1 aliphatic heterocycles. The van der Waals surface area contributed by atoms with Crippen LogP contribution in [-0.2, 0) is 24.3 Å². The van der Waals surface area contributed by atoms with E-state index in [0.717, 1.165) is 5.69 Å². The average Bonchev–Trinajstić information content (AvgIpc) is 2.79. The summed E-state index contributed by atoms with van der Waals surface area (Å²) in [7, 11) is -3.87. The topological polar surface area (TPSA) is 96.0 Å². The number of sulfonamides is 1. The molecule has 1 amide bonds. The molecule has 0 bridgehead atoms. The molecule has 2 aromatic carbocycles. The molecule has 8 nitrogen and oxygen atoms in total. The maximum absolute atomic E-state index is 12.7. The summed E-state index contributed by atoms with van der Waals surface area (Å²) in [6.07, 6.45) is -1.00. The first-order valence-electron chi connectivity index (χ1n) is 10.1. The molecule has 3 rings (SSSR count). The maximum Gasteiger partial charge on any atom is 0.324 e. The van der Waals surface area contributed by atoms with Crippen LogP contribution in [0.25, 0.3) is 0 Å². The van der Waals surface area contributed by atoms with Crippen LogP contribution >= 0.6 is 0 Å². The van der Waals surface area contributed by atoms with Gasteiger partial charge >= 0.3 is 5.97 Å². The highest BCUT2D eigenvalue weighted by molar-refractivity contribution is 7.89. The Bertz CT molecular complexity index is 990. The van der Waals surface area contributed by atoms with Gasteiger partial charge in [0.1, 0.15) is 6.04 Å². The SMILES string of the molecule is CC(OC(=O)[C@H](C)NS(=O)(=O)c1ccccc1)C(=O)N1CCN(c2ccccc2)CC1. The van der Waals surface area contributed by atoms with Gasteiger partial charge in [0.25, 0.3) is 5.91 Å². The molecule has 9 heteroatoms. The van der Waals surface area contributed by atoms with E-state index in [4.69, 9.17) is 4.74 Å². The highest BCUT2D eigenvalue weighted by Crippen LogP contribution is 2.16. The monoisotopic (exact) mass is 445 g/mol. The third-order valence-electron chi connectivity index (χ3n) is 5.09. The first-order chi connectivity index (χ1) is 14.8. The summed E-state index contributed by atoms with van der Waals surface area (Å²) in [4.78, 5) is 29.0. The quantitative estimate of drug-likeness (QED) is 0.651. The number of nitrogens with one attached hydrogen (secondary N) is 1. The van der Waals surface area contributed by atoms with Gasteiger partial charge in [-0.2, -0.15) is 4.72 Å². The summed E-state index contributed by atoms with van der Waals surface area (Å²) in [6, 6.07) is 16.6. The van der Waals surface area contributed by atoms with Crippen LogP contribution in [0.5, 0.6) is 0 Å². The Morgan fingerprint density at radius 2 is 1.45 bits per heavy atom. The number of carbonyl (C=O) groups is 2. The van der Waals surface area contributed by atoms with Gasteiger partial charge in [-0.1, -0.05) is 36.4 Å². The predicted octanol–water partition coefficient (Wildman–Crippen LogP) is 1.63. The van der Waals surface area contributed by atoms with Crippen LogP contribution < -0.4 is 9.62 Å². The zero-order valence-electron chi connectivity index (χ0n) is 17.6. The third-order valence-corrected chi connectivity index (χ3v) is 6.65. The summed E-state index contributed by atoms with van der Waals surface area (Å²) in [5.74, 6) is -1.09. The Kier molecular flexibility index (Phi) is 7.29. The third kappa shape index (κ3) is 5.83. The Balaban J connectivity index is 1.50. The average molecular weight is 446 g/mol. The lowest BCUT2D eigenvalue weighted by molar-refractivity contribution is -0.160. The number of esters is 1. The summed E-state index contributed by atoms with van der Waals surface area (Å²) >= 11 is 0. The van der Waals surface area contributed by atoms with Crippen molar-refractivity contribution in [3.63, 3.8) is 0 Å². The molecular formula is C22H27N3O5S. The fourth-order valence-corrected chi connectivity index (χ4v) is 4.57. The van der Waals surface area contributed by atoms with Crippen molar-refractivity contribution in [2.45, 2.75) is 30.9 Å². The van der Waals surface area contributed by atoms with E-state index in [2.05, 4.69) is 9.62 Å². The molecule has 0 aromatic heterocycles. The van der Waals surface area contributed by atoms with Gasteiger partial charge in [0, 0.05) is 31.9 Å². The van der Waals surface area contributed by atoms with E-state index in [9.17, 15) is 18.0 Å². The lowest BCUT2D eigenvalue weighted by atomic mass is 10.2. The van der Waals surface area contributed by atoms with Crippen molar-refractivity contribution in [3.05, 3.63) is 60.7 Å². The summed E-state index contributed by atoms with van der Waals surface area (Å²) < 4.78 is 32.3. The molecule has 166 valence electrons. The van der Waals surface area contributed by atoms with E-state index >= 15 is 0 Å². The van der Waals surface area contributed by atoms with Crippen molar-refractivity contribution < 1.29 is 22.7 Å². The minimum atomic E-state index is -3.87. The first-order valence-corrected chi connectivity index (χ1v) is 11.6. The molecule has 0 radical (unpaired) electrons. The van der Waals surface area contributed by atoms with Gasteiger partial charge in [0.05, 0.1) is 4.90 Å². The number of hydrogen-bond donors (Lipinski definition) is 1. The van der Waals surface area contributed by atoms with Crippen LogP contribution in [0.1, 0.15) is 13.8 Å². The van der Waals surface area contributed by atoms with Crippen molar-refractivity contribution in [3.8, 4) is 0 Å². The second kappa shape index (κ2) is 9.93. The van der Waals surface area contributed by atoms with Crippen molar-refractivity contribution >= 4 is 27.6 Å². The van der Waals surface area contributed by atoms with E-state index in [1.54, 1.807) is 23.1 Å². The summed E-state index contributed by atoms with van der Waals surface area (Å²) in [6.45, 7) is 5.30. The van der Waals surface area contributed by atoms with Gasteiger partial charge in [0.2, 0.25) is 10.0 Å². The molecule has 1 N–H and O–H groups in total. The summed E-state index contributed by atoms with van der Waals surface area (Å²) in [5, 5.41) is 0. The van der Waals surface area contributed by atoms with Gasteiger partial charge in [-0.15, -0.1) is 0 Å². The van der Waals surface area contributed by atoms with Crippen LogP contribution in [0.4, 0.5) is 5.69 Å². The lowest BCUT2D eigenvalue weighted by Crippen LogP contribution is -2.52. The molecular weight excluding hydrogens is 418 g/mol. The summed E-state index contributed by atoms with van der Waals surface area (Å²) in [5.41, 5.74) is 1.11. The molecule has 0 aliphatic carbocycles. The highest BCUT2D eigenvalue weighted by Gasteiger charge is 2.30. The molecule has 0 saturated carbocycles. The van der Waals surface area contributed by atoms with E-state index < -0.39 is 28.1 Å². The zero-order chi connectivity index (χ0) is 22.4. The van der Waals surface area contributed by atoms with E-state index in [-0.39, 0.29) is 10.8 Å². The van der Waals surface area contributed by atoms with Crippen LogP contribution in [0.2, 0.25) is 0 Å². The molecule has 2 aromatic rings. The number of nitrogens with zero attached hydrogens (tertiary/aromatic N) is 2. The first kappa shape index (κ1) is 22.8. The van der Waals surface area contributed by atoms with Gasteiger partial charge in [0.15, 0.2) is 6.10 Å². The molecule has 1 fully saturated rings. The minimum Gasteiger partial charge on any atom is -0.451 e. The zero-order valence-corrected chi connectivity index (χ0v) is 18.4. The standard InChI is InChI=1S/C22H27N3O5S/c1-17(23-31(28,29)20-11-7-4-8-12-20)22(27)30-18(2)21(26)25-15-13-24(14-16-25)19-9-5-3-6-10-19/h3-12,17-18,23H,13-16H2,1-2H3/t17-,18?/m0/s1. The molecule has 2 atom stereocenters.